The summed E-state index contributed by atoms with van der Waals surface area (Å²) in [5.41, 5.74) is 12.4. The van der Waals surface area contributed by atoms with E-state index in [0.717, 1.165) is 72.2 Å². The van der Waals surface area contributed by atoms with Crippen LogP contribution in [0.2, 0.25) is 0 Å². The maximum absolute atomic E-state index is 6.44. The van der Waals surface area contributed by atoms with Crippen molar-refractivity contribution >= 4 is 60.5 Å². The Morgan fingerprint density at radius 1 is 0.345 bits per heavy atom. The molecular weight excluding hydrogens is 709 g/mol. The van der Waals surface area contributed by atoms with Gasteiger partial charge >= 0.3 is 0 Å². The summed E-state index contributed by atoms with van der Waals surface area (Å²) in [7, 11) is 0. The topological polar surface area (TPSA) is 55.1 Å². The maximum Gasteiger partial charge on any atom is 0.164 e. The minimum absolute atomic E-state index is 0.617. The van der Waals surface area contributed by atoms with Crippen LogP contribution in [0.3, 0.4) is 0 Å². The van der Waals surface area contributed by atoms with E-state index in [2.05, 4.69) is 169 Å². The molecule has 0 fully saturated rings. The molecule has 58 heavy (non-hydrogen) atoms. The van der Waals surface area contributed by atoms with Crippen molar-refractivity contribution in [2.24, 2.45) is 0 Å². The molecule has 9 aromatic carbocycles. The number of para-hydroxylation sites is 1. The average Bonchev–Trinajstić information content (AvgIpc) is 3.67. The van der Waals surface area contributed by atoms with E-state index in [1.54, 1.807) is 0 Å². The first-order valence-electron chi connectivity index (χ1n) is 19.5. The zero-order valence-electron chi connectivity index (χ0n) is 31.2. The number of aromatic nitrogens is 3. The summed E-state index contributed by atoms with van der Waals surface area (Å²) in [5, 5.41) is 6.91. The minimum atomic E-state index is 0.617. The third-order valence-electron chi connectivity index (χ3n) is 11.4. The third kappa shape index (κ3) is 5.14. The highest BCUT2D eigenvalue weighted by molar-refractivity contribution is 6.18. The number of benzene rings is 9. The fourth-order valence-corrected chi connectivity index (χ4v) is 8.69. The first-order valence-corrected chi connectivity index (χ1v) is 19.5. The second-order valence-electron chi connectivity index (χ2n) is 14.8. The lowest BCUT2D eigenvalue weighted by atomic mass is 9.87. The molecular formula is C53H32N4O. The van der Waals surface area contributed by atoms with Gasteiger partial charge < -0.3 is 9.32 Å². The van der Waals surface area contributed by atoms with E-state index < -0.39 is 0 Å². The zero-order valence-corrected chi connectivity index (χ0v) is 31.2. The lowest BCUT2D eigenvalue weighted by Gasteiger charge is -2.34. The summed E-state index contributed by atoms with van der Waals surface area (Å²) < 4.78 is 6.44. The highest BCUT2D eigenvalue weighted by Gasteiger charge is 2.28. The van der Waals surface area contributed by atoms with Crippen LogP contribution in [0.1, 0.15) is 0 Å². The van der Waals surface area contributed by atoms with Crippen molar-refractivity contribution in [1.82, 2.24) is 15.0 Å². The van der Waals surface area contributed by atoms with Gasteiger partial charge in [-0.2, -0.15) is 0 Å². The van der Waals surface area contributed by atoms with Crippen molar-refractivity contribution < 1.29 is 4.42 Å². The molecule has 0 amide bonds. The fourth-order valence-electron chi connectivity index (χ4n) is 8.69. The summed E-state index contributed by atoms with van der Waals surface area (Å²) in [6.07, 6.45) is 0. The van der Waals surface area contributed by atoms with Crippen LogP contribution in [-0.2, 0) is 0 Å². The largest absolute Gasteiger partial charge is 0.456 e. The Kier molecular flexibility index (Phi) is 7.16. The summed E-state index contributed by atoms with van der Waals surface area (Å²) in [6, 6.07) is 68.2. The normalized spacial score (nSPS) is 12.1. The number of furan rings is 1. The zero-order chi connectivity index (χ0) is 38.2. The predicted octanol–water partition coefficient (Wildman–Crippen LogP) is 14.2. The molecule has 0 saturated heterocycles. The molecule has 1 aliphatic rings. The van der Waals surface area contributed by atoms with Crippen molar-refractivity contribution in [3.8, 4) is 56.4 Å². The van der Waals surface area contributed by atoms with Crippen molar-refractivity contribution in [2.45, 2.75) is 0 Å². The first-order chi connectivity index (χ1) is 28.7. The molecule has 2 aromatic heterocycles. The Bertz CT molecular complexity index is 3410. The molecule has 0 saturated carbocycles. The van der Waals surface area contributed by atoms with Crippen LogP contribution < -0.4 is 4.90 Å². The van der Waals surface area contributed by atoms with Gasteiger partial charge in [0.15, 0.2) is 17.5 Å². The molecule has 5 nitrogen and oxygen atoms in total. The van der Waals surface area contributed by atoms with E-state index in [1.807, 2.05) is 30.3 Å². The van der Waals surface area contributed by atoms with Crippen LogP contribution in [0, 0.1) is 0 Å². The molecule has 0 atom stereocenters. The van der Waals surface area contributed by atoms with Gasteiger partial charge in [-0.3, -0.25) is 0 Å². The predicted molar refractivity (Wildman–Crippen MR) is 238 cm³/mol. The number of hydrogen-bond acceptors (Lipinski definition) is 5. The van der Waals surface area contributed by atoms with E-state index in [-0.39, 0.29) is 0 Å². The van der Waals surface area contributed by atoms with E-state index in [4.69, 9.17) is 19.4 Å². The van der Waals surface area contributed by atoms with Gasteiger partial charge in [-0.15, -0.1) is 0 Å². The van der Waals surface area contributed by atoms with Crippen molar-refractivity contribution in [3.05, 3.63) is 194 Å². The Morgan fingerprint density at radius 3 is 1.81 bits per heavy atom. The highest BCUT2D eigenvalue weighted by atomic mass is 16.3. The first kappa shape index (κ1) is 32.4. The van der Waals surface area contributed by atoms with E-state index in [0.29, 0.717) is 17.5 Å². The molecule has 3 heterocycles. The molecule has 0 unspecified atom stereocenters. The van der Waals surface area contributed by atoms with E-state index >= 15 is 0 Å². The molecule has 11 aromatic rings. The van der Waals surface area contributed by atoms with Gasteiger partial charge in [-0.1, -0.05) is 140 Å². The SMILES string of the molecule is c1ccc(-c2nc(-c3ccc4c(c3)-c3cccc5c(-c6ccccc6)ccc(c35)N4c3ccc4c(c3)oc3ccccc34)nc(-c3ccc4ccccc4c3)n2)cc1. The standard InChI is InChI=1S/C53H32N4O/c1-3-13-34(14-4-1)40-27-29-47-50-43(40)19-11-20-44(50)45-31-38(24-28-46(45)57(47)39-25-26-42-41-18-9-10-21-48(41)58-49(42)32-39)53-55-51(35-15-5-2-6-16-35)54-52(56-53)37-23-22-33-12-7-8-17-36(33)30-37/h1-32H. The smallest absolute Gasteiger partial charge is 0.164 e. The Morgan fingerprint density at radius 2 is 0.983 bits per heavy atom. The minimum Gasteiger partial charge on any atom is -0.456 e. The number of fused-ring (bicyclic) bond motifs is 6. The fraction of sp³-hybridized carbons (Fsp3) is 0. The quantitative estimate of drug-likeness (QED) is 0.176. The van der Waals surface area contributed by atoms with Gasteiger partial charge in [0.05, 0.1) is 11.4 Å². The number of nitrogens with zero attached hydrogens (tertiary/aromatic N) is 4. The maximum atomic E-state index is 6.44. The monoisotopic (exact) mass is 740 g/mol. The molecule has 0 bridgehead atoms. The Hall–Kier alpha value is -7.89. The summed E-state index contributed by atoms with van der Waals surface area (Å²) in [6.45, 7) is 0. The molecule has 5 heteroatoms. The Balaban J connectivity index is 1.09. The van der Waals surface area contributed by atoms with Crippen molar-refractivity contribution in [2.75, 3.05) is 4.90 Å². The van der Waals surface area contributed by atoms with Crippen LogP contribution in [0.4, 0.5) is 17.1 Å². The molecule has 0 N–H and O–H groups in total. The van der Waals surface area contributed by atoms with Gasteiger partial charge in [0.2, 0.25) is 0 Å². The molecule has 0 aliphatic carbocycles. The van der Waals surface area contributed by atoms with Gasteiger partial charge in [0.1, 0.15) is 11.2 Å². The van der Waals surface area contributed by atoms with E-state index in [1.165, 1.54) is 27.3 Å². The summed E-state index contributed by atoms with van der Waals surface area (Å²) in [5.74, 6) is 1.88. The van der Waals surface area contributed by atoms with Gasteiger partial charge in [0, 0.05) is 50.2 Å². The average molecular weight is 741 g/mol. The van der Waals surface area contributed by atoms with Crippen LogP contribution >= 0.6 is 0 Å². The third-order valence-corrected chi connectivity index (χ3v) is 11.4. The molecule has 270 valence electrons. The van der Waals surface area contributed by atoms with Crippen molar-refractivity contribution in [1.29, 1.82) is 0 Å². The number of hydrogen-bond donors (Lipinski definition) is 0. The van der Waals surface area contributed by atoms with Crippen LogP contribution in [0.5, 0.6) is 0 Å². The van der Waals surface area contributed by atoms with Crippen molar-refractivity contribution in [3.63, 3.8) is 0 Å². The van der Waals surface area contributed by atoms with Crippen LogP contribution in [0.15, 0.2) is 199 Å². The lowest BCUT2D eigenvalue weighted by Crippen LogP contribution is -2.15. The molecule has 0 spiro atoms. The second-order valence-corrected chi connectivity index (χ2v) is 14.8. The van der Waals surface area contributed by atoms with Gasteiger partial charge in [-0.25, -0.2) is 15.0 Å². The molecule has 0 radical (unpaired) electrons. The second kappa shape index (κ2) is 12.8. The Labute approximate surface area is 334 Å². The number of rotatable bonds is 5. The lowest BCUT2D eigenvalue weighted by molar-refractivity contribution is 0.669. The summed E-state index contributed by atoms with van der Waals surface area (Å²) in [4.78, 5) is 17.7. The molecule has 1 aliphatic heterocycles. The molecule has 12 rings (SSSR count). The summed E-state index contributed by atoms with van der Waals surface area (Å²) >= 11 is 0. The number of anilines is 3. The van der Waals surface area contributed by atoms with Crippen LogP contribution in [-0.4, -0.2) is 15.0 Å². The van der Waals surface area contributed by atoms with E-state index in [9.17, 15) is 0 Å². The van der Waals surface area contributed by atoms with Gasteiger partial charge in [0.25, 0.3) is 0 Å². The van der Waals surface area contributed by atoms with Crippen LogP contribution in [0.25, 0.3) is 99.9 Å². The highest BCUT2D eigenvalue weighted by Crippen LogP contribution is 2.53. The van der Waals surface area contributed by atoms with Gasteiger partial charge in [-0.05, 0) is 81.4 Å².